The van der Waals surface area contributed by atoms with E-state index in [4.69, 9.17) is 19.3 Å². The number of ether oxygens (including phenoxy) is 2. The number of aromatic amines is 1. The van der Waals surface area contributed by atoms with E-state index in [1.807, 2.05) is 0 Å². The maximum absolute atomic E-state index is 12.1. The zero-order chi connectivity index (χ0) is 25.0. The van der Waals surface area contributed by atoms with Crippen molar-refractivity contribution in [3.63, 3.8) is 0 Å². The summed E-state index contributed by atoms with van der Waals surface area (Å²) in [7, 11) is -13.8. The standard InChI is InChI=1S/C12H21N2O14P3S2/c1-7-4-14(12(16)13-11(7)15)10-3-8(24-6-33-32-2)9(26-10)5-25-30(20,21)28-31(22,23)27-29(17,18)19/h4,8-10H,3,5-6H2,1-2H3,(H,20,21)(H,22,23)(H,13,15,16)(H2,17,18,19). The second kappa shape index (κ2) is 11.6. The van der Waals surface area contributed by atoms with Crippen LogP contribution in [0, 0.1) is 6.92 Å². The van der Waals surface area contributed by atoms with E-state index in [0.717, 1.165) is 4.57 Å². The Kier molecular flexibility index (Phi) is 10.2. The second-order valence-corrected chi connectivity index (χ2v) is 13.3. The first-order valence-electron chi connectivity index (χ1n) is 8.65. The molecule has 2 heterocycles. The van der Waals surface area contributed by atoms with Crippen molar-refractivity contribution in [3.05, 3.63) is 32.6 Å². The van der Waals surface area contributed by atoms with Crippen LogP contribution >= 0.6 is 45.1 Å². The van der Waals surface area contributed by atoms with Gasteiger partial charge in [0.2, 0.25) is 0 Å². The van der Waals surface area contributed by atoms with Gasteiger partial charge < -0.3 is 29.0 Å². The highest BCUT2D eigenvalue weighted by Crippen LogP contribution is 2.66. The molecule has 1 aliphatic heterocycles. The van der Waals surface area contributed by atoms with Gasteiger partial charge in [-0.3, -0.25) is 18.9 Å². The van der Waals surface area contributed by atoms with Crippen LogP contribution in [0.1, 0.15) is 18.2 Å². The molecular weight excluding hydrogens is 553 g/mol. The van der Waals surface area contributed by atoms with E-state index in [0.29, 0.717) is 0 Å². The molecule has 2 rings (SSSR count). The topological polar surface area (TPSA) is 233 Å². The Hall–Kier alpha value is -0.290. The molecule has 0 amide bonds. The van der Waals surface area contributed by atoms with Gasteiger partial charge in [-0.25, -0.2) is 18.5 Å². The van der Waals surface area contributed by atoms with Crippen molar-refractivity contribution < 1.29 is 55.9 Å². The molecule has 1 saturated heterocycles. The molecule has 5 atom stereocenters. The Bertz CT molecular complexity index is 1090. The average Bonchev–Trinajstić information content (AvgIpc) is 3.03. The first-order chi connectivity index (χ1) is 15.1. The zero-order valence-electron chi connectivity index (χ0n) is 16.9. The van der Waals surface area contributed by atoms with E-state index in [1.54, 1.807) is 6.26 Å². The molecule has 1 fully saturated rings. The number of phosphoric acid groups is 3. The Morgan fingerprint density at radius 2 is 1.85 bits per heavy atom. The number of hydrogen-bond acceptors (Lipinski definition) is 12. The van der Waals surface area contributed by atoms with Crippen molar-refractivity contribution in [2.75, 3.05) is 18.8 Å². The van der Waals surface area contributed by atoms with Crippen LogP contribution in [0.2, 0.25) is 0 Å². The van der Waals surface area contributed by atoms with Crippen LogP contribution in [0.15, 0.2) is 15.8 Å². The van der Waals surface area contributed by atoms with Gasteiger partial charge in [0.15, 0.2) is 0 Å². The average molecular weight is 574 g/mol. The number of phosphoric ester groups is 1. The third-order valence-electron chi connectivity index (χ3n) is 3.90. The molecule has 0 bridgehead atoms. The Morgan fingerprint density at radius 1 is 1.18 bits per heavy atom. The van der Waals surface area contributed by atoms with E-state index in [1.165, 1.54) is 34.7 Å². The lowest BCUT2D eigenvalue weighted by molar-refractivity contribution is -0.0543. The normalized spacial score (nSPS) is 25.0. The molecule has 1 aromatic heterocycles. The number of H-pyrrole nitrogens is 1. The van der Waals surface area contributed by atoms with Crippen LogP contribution in [-0.4, -0.2) is 60.1 Å². The molecule has 0 aliphatic carbocycles. The van der Waals surface area contributed by atoms with E-state index >= 15 is 0 Å². The van der Waals surface area contributed by atoms with Crippen molar-refractivity contribution in [3.8, 4) is 0 Å². The number of hydrogen-bond donors (Lipinski definition) is 5. The zero-order valence-corrected chi connectivity index (χ0v) is 21.2. The SMILES string of the molecule is CSSCOC1CC(n2cc(C)c(=O)[nH]c2=O)OC1COP(=O)(O)OP(=O)(O)OP(=O)(O)O. The van der Waals surface area contributed by atoms with Crippen LogP contribution < -0.4 is 11.2 Å². The van der Waals surface area contributed by atoms with Gasteiger partial charge in [-0.2, -0.15) is 8.62 Å². The van der Waals surface area contributed by atoms with E-state index in [9.17, 15) is 33.1 Å². The summed E-state index contributed by atoms with van der Waals surface area (Å²) in [6.07, 6.45) is 0.335. The highest BCUT2D eigenvalue weighted by molar-refractivity contribution is 8.76. The third kappa shape index (κ3) is 9.35. The lowest BCUT2D eigenvalue weighted by Gasteiger charge is -2.21. The van der Waals surface area contributed by atoms with Crippen molar-refractivity contribution in [2.24, 2.45) is 0 Å². The summed E-state index contributed by atoms with van der Waals surface area (Å²) in [4.78, 5) is 61.8. The Labute approximate surface area is 193 Å². The molecule has 5 unspecified atom stereocenters. The van der Waals surface area contributed by atoms with Crippen LogP contribution in [0.25, 0.3) is 0 Å². The van der Waals surface area contributed by atoms with Crippen LogP contribution in [0.3, 0.4) is 0 Å². The van der Waals surface area contributed by atoms with Gasteiger partial charge in [-0.05, 0) is 13.2 Å². The molecule has 33 heavy (non-hydrogen) atoms. The highest BCUT2D eigenvalue weighted by atomic mass is 33.1. The fraction of sp³-hybridized carbons (Fsp3) is 0.667. The maximum Gasteiger partial charge on any atom is 0.490 e. The fourth-order valence-electron chi connectivity index (χ4n) is 2.63. The fourth-order valence-corrected chi connectivity index (χ4v) is 6.44. The van der Waals surface area contributed by atoms with Crippen LogP contribution in [-0.2, 0) is 36.3 Å². The van der Waals surface area contributed by atoms with Gasteiger partial charge in [0, 0.05) is 18.2 Å². The monoisotopic (exact) mass is 574 g/mol. The van der Waals surface area contributed by atoms with E-state index < -0.39 is 59.8 Å². The molecule has 1 aromatic rings. The second-order valence-electron chi connectivity index (χ2n) is 6.34. The number of rotatable bonds is 12. The lowest BCUT2D eigenvalue weighted by Crippen LogP contribution is -2.33. The van der Waals surface area contributed by atoms with Crippen molar-refractivity contribution in [2.45, 2.75) is 31.8 Å². The van der Waals surface area contributed by atoms with Crippen molar-refractivity contribution >= 4 is 45.1 Å². The molecule has 16 nitrogen and oxygen atoms in total. The van der Waals surface area contributed by atoms with Crippen molar-refractivity contribution in [1.29, 1.82) is 0 Å². The summed E-state index contributed by atoms with van der Waals surface area (Å²) in [6, 6.07) is 0. The van der Waals surface area contributed by atoms with Crippen LogP contribution in [0.5, 0.6) is 0 Å². The van der Waals surface area contributed by atoms with Gasteiger partial charge in [-0.1, -0.05) is 21.6 Å². The van der Waals surface area contributed by atoms with E-state index in [2.05, 4.69) is 18.1 Å². The minimum Gasteiger partial charge on any atom is -0.364 e. The third-order valence-corrected chi connectivity index (χ3v) is 9.17. The first kappa shape index (κ1) is 28.9. The van der Waals surface area contributed by atoms with Crippen molar-refractivity contribution in [1.82, 2.24) is 9.55 Å². The summed E-state index contributed by atoms with van der Waals surface area (Å²) in [5.41, 5.74) is -1.12. The van der Waals surface area contributed by atoms with Gasteiger partial charge in [0.25, 0.3) is 5.56 Å². The minimum absolute atomic E-state index is 0.0742. The maximum atomic E-state index is 12.1. The molecule has 0 aromatic carbocycles. The number of aromatic nitrogens is 2. The molecule has 0 saturated carbocycles. The molecule has 21 heteroatoms. The molecule has 1 aliphatic rings. The first-order valence-corrected chi connectivity index (χ1v) is 15.9. The number of nitrogens with zero attached hydrogens (tertiary/aromatic N) is 1. The molecular formula is C12H21N2O14P3S2. The summed E-state index contributed by atoms with van der Waals surface area (Å²) in [5.74, 6) is 0.174. The Balaban J connectivity index is 2.13. The van der Waals surface area contributed by atoms with Gasteiger partial charge >= 0.3 is 29.2 Å². The summed E-state index contributed by atoms with van der Waals surface area (Å²) >= 11 is 0. The van der Waals surface area contributed by atoms with Gasteiger partial charge in [0.05, 0.1) is 12.7 Å². The molecule has 190 valence electrons. The summed E-state index contributed by atoms with van der Waals surface area (Å²) < 4.78 is 58.4. The van der Waals surface area contributed by atoms with Gasteiger partial charge in [0.1, 0.15) is 18.3 Å². The number of aryl methyl sites for hydroxylation is 1. The smallest absolute Gasteiger partial charge is 0.364 e. The molecule has 0 spiro atoms. The largest absolute Gasteiger partial charge is 0.490 e. The van der Waals surface area contributed by atoms with Crippen LogP contribution in [0.4, 0.5) is 0 Å². The van der Waals surface area contributed by atoms with E-state index in [-0.39, 0.29) is 17.9 Å². The summed E-state index contributed by atoms with van der Waals surface area (Å²) in [6.45, 7) is 0.728. The molecule has 5 N–H and O–H groups in total. The predicted molar refractivity (Wildman–Crippen MR) is 115 cm³/mol. The highest BCUT2D eigenvalue weighted by Gasteiger charge is 2.43. The minimum atomic E-state index is -5.67. The lowest BCUT2D eigenvalue weighted by atomic mass is 10.2. The quantitative estimate of drug-likeness (QED) is 0.101. The van der Waals surface area contributed by atoms with Gasteiger partial charge in [-0.15, -0.1) is 0 Å². The molecule has 0 radical (unpaired) electrons. The predicted octanol–water partition coefficient (Wildman–Crippen LogP) is 0.830. The number of nitrogens with one attached hydrogen (secondary N) is 1. The Morgan fingerprint density at radius 3 is 2.45 bits per heavy atom. The summed E-state index contributed by atoms with van der Waals surface area (Å²) in [5, 5.41) is 0.